The maximum atomic E-state index is 10.1. The third-order valence-corrected chi connectivity index (χ3v) is 2.27. The number of hydrogen-bond acceptors (Lipinski definition) is 2. The summed E-state index contributed by atoms with van der Waals surface area (Å²) in [5, 5.41) is 8.33. The van der Waals surface area contributed by atoms with Crippen molar-refractivity contribution in [2.24, 2.45) is 0 Å². The van der Waals surface area contributed by atoms with E-state index in [1.54, 1.807) is 0 Å². The summed E-state index contributed by atoms with van der Waals surface area (Å²) in [4.78, 5) is 10.1. The maximum Gasteiger partial charge on any atom is 0.303 e. The smallest absolute Gasteiger partial charge is 0.303 e. The summed E-state index contributed by atoms with van der Waals surface area (Å²) in [6.45, 7) is 0. The molecule has 3 nitrogen and oxygen atoms in total. The van der Waals surface area contributed by atoms with E-state index in [-0.39, 0.29) is 18.1 Å². The summed E-state index contributed by atoms with van der Waals surface area (Å²) in [5.41, 5.74) is 0.190. The molecule has 2 rings (SSSR count). The predicted octanol–water partition coefficient (Wildman–Crippen LogP) is 0.783. The molecule has 1 unspecified atom stereocenters. The van der Waals surface area contributed by atoms with Gasteiger partial charge in [-0.2, -0.15) is 0 Å². The first-order valence-electron chi connectivity index (χ1n) is 3.63. The molecular weight excluding hydrogens is 132 g/mol. The maximum absolute atomic E-state index is 10.1. The average molecular weight is 142 g/mol. The number of carboxylic acid groups (broad SMARTS) is 1. The van der Waals surface area contributed by atoms with Crippen molar-refractivity contribution in [2.45, 2.75) is 37.4 Å². The third kappa shape index (κ3) is 0.904. The topological polar surface area (TPSA) is 49.8 Å². The Kier molecular flexibility index (Phi) is 1.06. The van der Waals surface area contributed by atoms with Crippen molar-refractivity contribution >= 4 is 5.97 Å². The van der Waals surface area contributed by atoms with Gasteiger partial charge in [0.05, 0.1) is 11.7 Å². The van der Waals surface area contributed by atoms with Gasteiger partial charge in [-0.3, -0.25) is 4.79 Å². The van der Waals surface area contributed by atoms with Crippen LogP contribution in [0.1, 0.15) is 25.7 Å². The van der Waals surface area contributed by atoms with Gasteiger partial charge in [0.15, 0.2) is 0 Å². The molecule has 1 aliphatic carbocycles. The molecular formula is C7H10O3. The molecule has 56 valence electrons. The quantitative estimate of drug-likeness (QED) is 0.592. The van der Waals surface area contributed by atoms with Gasteiger partial charge in [-0.15, -0.1) is 0 Å². The monoisotopic (exact) mass is 142 g/mol. The van der Waals surface area contributed by atoms with E-state index in [0.29, 0.717) is 6.42 Å². The molecule has 1 heterocycles. The molecule has 1 saturated heterocycles. The second-order valence-corrected chi connectivity index (χ2v) is 3.10. The first kappa shape index (κ1) is 6.16. The van der Waals surface area contributed by atoms with Crippen LogP contribution in [0.2, 0.25) is 0 Å². The predicted molar refractivity (Wildman–Crippen MR) is 33.7 cm³/mol. The lowest BCUT2D eigenvalue weighted by Crippen LogP contribution is -1.99. The van der Waals surface area contributed by atoms with Gasteiger partial charge in [0.2, 0.25) is 0 Å². The lowest BCUT2D eigenvalue weighted by molar-refractivity contribution is -0.137. The number of rotatable bonds is 3. The van der Waals surface area contributed by atoms with Crippen LogP contribution >= 0.6 is 0 Å². The summed E-state index contributed by atoms with van der Waals surface area (Å²) in [6, 6.07) is 0. The Morgan fingerprint density at radius 3 is 2.80 bits per heavy atom. The van der Waals surface area contributed by atoms with E-state index in [0.717, 1.165) is 12.8 Å². The molecule has 1 aliphatic heterocycles. The molecule has 0 bridgehead atoms. The zero-order valence-corrected chi connectivity index (χ0v) is 5.67. The van der Waals surface area contributed by atoms with E-state index < -0.39 is 5.97 Å². The zero-order valence-electron chi connectivity index (χ0n) is 5.67. The number of aliphatic carboxylic acids is 1. The van der Waals surface area contributed by atoms with Crippen molar-refractivity contribution in [1.29, 1.82) is 0 Å². The SMILES string of the molecule is O=C(O)CCC1OC12CC2. The van der Waals surface area contributed by atoms with E-state index in [2.05, 4.69) is 0 Å². The Hall–Kier alpha value is -0.570. The van der Waals surface area contributed by atoms with Gasteiger partial charge in [-0.25, -0.2) is 0 Å². The molecule has 10 heavy (non-hydrogen) atoms. The van der Waals surface area contributed by atoms with Gasteiger partial charge in [-0.1, -0.05) is 0 Å². The molecule has 1 atom stereocenters. The summed E-state index contributed by atoms with van der Waals surface area (Å²) in [6.07, 6.45) is 3.54. The van der Waals surface area contributed by atoms with Gasteiger partial charge in [0.1, 0.15) is 0 Å². The minimum Gasteiger partial charge on any atom is -0.481 e. The average Bonchev–Trinajstić information content (AvgIpc) is 2.72. The number of hydrogen-bond donors (Lipinski definition) is 1. The Bertz CT molecular complexity index is 172. The van der Waals surface area contributed by atoms with Crippen LogP contribution in [0.25, 0.3) is 0 Å². The molecule has 0 aromatic rings. The normalized spacial score (nSPS) is 32.2. The van der Waals surface area contributed by atoms with Crippen molar-refractivity contribution in [3.63, 3.8) is 0 Å². The third-order valence-electron chi connectivity index (χ3n) is 2.27. The Balaban J connectivity index is 1.69. The van der Waals surface area contributed by atoms with Gasteiger partial charge in [0, 0.05) is 6.42 Å². The van der Waals surface area contributed by atoms with Gasteiger partial charge >= 0.3 is 5.97 Å². The Morgan fingerprint density at radius 2 is 2.40 bits per heavy atom. The second-order valence-electron chi connectivity index (χ2n) is 3.10. The van der Waals surface area contributed by atoms with Gasteiger partial charge in [-0.05, 0) is 19.3 Å². The fourth-order valence-electron chi connectivity index (χ4n) is 1.39. The minimum absolute atomic E-state index is 0.190. The first-order chi connectivity index (χ1) is 4.73. The molecule has 1 saturated carbocycles. The van der Waals surface area contributed by atoms with Crippen LogP contribution in [0.5, 0.6) is 0 Å². The van der Waals surface area contributed by atoms with E-state index in [9.17, 15) is 4.79 Å². The first-order valence-corrected chi connectivity index (χ1v) is 3.63. The number of ether oxygens (including phenoxy) is 1. The van der Waals surface area contributed by atoms with Crippen LogP contribution in [0.4, 0.5) is 0 Å². The van der Waals surface area contributed by atoms with Crippen molar-refractivity contribution in [3.8, 4) is 0 Å². The highest BCUT2D eigenvalue weighted by molar-refractivity contribution is 5.66. The standard InChI is InChI=1S/C7H10O3/c8-6(9)2-1-5-7(10-5)3-4-7/h5H,1-4H2,(H,8,9). The summed E-state index contributed by atoms with van der Waals surface area (Å²) in [5.74, 6) is -0.716. The lowest BCUT2D eigenvalue weighted by Gasteiger charge is -1.87. The minimum atomic E-state index is -0.716. The molecule has 1 spiro atoms. The number of epoxide rings is 1. The number of carboxylic acids is 1. The summed E-state index contributed by atoms with van der Waals surface area (Å²) >= 11 is 0. The van der Waals surface area contributed by atoms with Crippen LogP contribution in [0.15, 0.2) is 0 Å². The number of carbonyl (C=O) groups is 1. The van der Waals surface area contributed by atoms with Gasteiger partial charge in [0.25, 0.3) is 0 Å². The Labute approximate surface area is 59.0 Å². The van der Waals surface area contributed by atoms with Crippen molar-refractivity contribution in [1.82, 2.24) is 0 Å². The van der Waals surface area contributed by atoms with E-state index >= 15 is 0 Å². The molecule has 0 aromatic carbocycles. The van der Waals surface area contributed by atoms with Crippen LogP contribution < -0.4 is 0 Å². The van der Waals surface area contributed by atoms with Crippen molar-refractivity contribution < 1.29 is 14.6 Å². The van der Waals surface area contributed by atoms with Crippen molar-refractivity contribution in [3.05, 3.63) is 0 Å². The fourth-order valence-corrected chi connectivity index (χ4v) is 1.39. The van der Waals surface area contributed by atoms with Crippen LogP contribution in [0, 0.1) is 0 Å². The van der Waals surface area contributed by atoms with Gasteiger partial charge < -0.3 is 9.84 Å². The summed E-state index contributed by atoms with van der Waals surface area (Å²) in [7, 11) is 0. The van der Waals surface area contributed by atoms with E-state index in [1.165, 1.54) is 0 Å². The van der Waals surface area contributed by atoms with Crippen LogP contribution in [0.3, 0.4) is 0 Å². The molecule has 2 fully saturated rings. The highest BCUT2D eigenvalue weighted by Crippen LogP contribution is 2.58. The van der Waals surface area contributed by atoms with E-state index in [4.69, 9.17) is 9.84 Å². The molecule has 0 aromatic heterocycles. The van der Waals surface area contributed by atoms with Crippen LogP contribution in [-0.2, 0) is 9.53 Å². The molecule has 2 aliphatic rings. The lowest BCUT2D eigenvalue weighted by atomic mass is 10.2. The fraction of sp³-hybridized carbons (Fsp3) is 0.857. The van der Waals surface area contributed by atoms with Crippen LogP contribution in [-0.4, -0.2) is 22.8 Å². The van der Waals surface area contributed by atoms with E-state index in [1.807, 2.05) is 0 Å². The highest BCUT2D eigenvalue weighted by Gasteiger charge is 2.64. The Morgan fingerprint density at radius 1 is 1.70 bits per heavy atom. The molecule has 0 amide bonds. The largest absolute Gasteiger partial charge is 0.481 e. The zero-order chi connectivity index (χ0) is 7.19. The van der Waals surface area contributed by atoms with Crippen molar-refractivity contribution in [2.75, 3.05) is 0 Å². The molecule has 0 radical (unpaired) electrons. The molecule has 1 N–H and O–H groups in total. The molecule has 3 heteroatoms. The summed E-state index contributed by atoms with van der Waals surface area (Å²) < 4.78 is 5.30. The highest BCUT2D eigenvalue weighted by atomic mass is 16.6. The second kappa shape index (κ2) is 1.72.